The Hall–Kier alpha value is 0.0500. The van der Waals surface area contributed by atoms with Crippen molar-refractivity contribution in [3.63, 3.8) is 0 Å². The maximum atomic E-state index is 11.9. The first-order valence-corrected chi connectivity index (χ1v) is 2.67. The van der Waals surface area contributed by atoms with E-state index in [0.717, 1.165) is 6.92 Å². The lowest BCUT2D eigenvalue weighted by atomic mass is 10.4. The van der Waals surface area contributed by atoms with Crippen LogP contribution in [0.3, 0.4) is 0 Å². The molecule has 47 valence electrons. The highest BCUT2D eigenvalue weighted by Gasteiger charge is 2.08. The first-order chi connectivity index (χ1) is 3.55. The van der Waals surface area contributed by atoms with Crippen molar-refractivity contribution in [2.45, 2.75) is 13.1 Å². The molecule has 0 aliphatic rings. The van der Waals surface area contributed by atoms with Gasteiger partial charge in [-0.1, -0.05) is 11.6 Å². The summed E-state index contributed by atoms with van der Waals surface area (Å²) in [6.07, 6.45) is -1.46. The molecule has 0 saturated carbocycles. The van der Waals surface area contributed by atoms with Crippen LogP contribution < -0.4 is 0 Å². The van der Waals surface area contributed by atoms with Crippen molar-refractivity contribution < 1.29 is 9.50 Å². The molecule has 0 rings (SSSR count). The van der Waals surface area contributed by atoms with Gasteiger partial charge < -0.3 is 0 Å². The average molecular weight is 158 g/mol. The molecule has 0 N–H and O–H groups in total. The van der Waals surface area contributed by atoms with Gasteiger partial charge in [-0.2, -0.15) is 0 Å². The van der Waals surface area contributed by atoms with Crippen LogP contribution in [0.25, 0.3) is 0 Å². The zero-order chi connectivity index (χ0) is 6.73. The highest BCUT2D eigenvalue weighted by molar-refractivity contribution is 6.38. The molecule has 8 heavy (non-hydrogen) atoms. The second-order valence-corrected chi connectivity index (χ2v) is 1.99. The van der Waals surface area contributed by atoms with Gasteiger partial charge in [-0.3, -0.25) is 5.11 Å². The Labute approximate surface area is 56.7 Å². The third-order valence-corrected chi connectivity index (χ3v) is 1.31. The number of allylic oxidation sites excluding steroid dienone is 1. The number of alkyl halides is 1. The minimum atomic E-state index is -1.46. The molecule has 0 aliphatic heterocycles. The van der Waals surface area contributed by atoms with Crippen molar-refractivity contribution in [2.75, 3.05) is 0 Å². The Balaban J connectivity index is 4.00. The van der Waals surface area contributed by atoms with Gasteiger partial charge in [0.1, 0.15) is 11.2 Å². The van der Waals surface area contributed by atoms with Gasteiger partial charge in [-0.05, 0) is 18.5 Å². The van der Waals surface area contributed by atoms with Gasteiger partial charge in [0.2, 0.25) is 0 Å². The molecule has 0 heterocycles. The first-order valence-electron chi connectivity index (χ1n) is 1.92. The third kappa shape index (κ3) is 2.38. The first kappa shape index (κ1) is 8.05. The van der Waals surface area contributed by atoms with Crippen LogP contribution in [-0.2, 0) is 5.11 Å². The normalized spacial score (nSPS) is 17.5. The number of halogens is 3. The molecule has 4 heteroatoms. The van der Waals surface area contributed by atoms with E-state index in [4.69, 9.17) is 23.2 Å². The summed E-state index contributed by atoms with van der Waals surface area (Å²) in [5.41, 5.74) is 0. The van der Waals surface area contributed by atoms with Gasteiger partial charge in [0.05, 0.1) is 0 Å². The lowest BCUT2D eigenvalue weighted by molar-refractivity contribution is 0.317. The van der Waals surface area contributed by atoms with Crippen molar-refractivity contribution in [2.24, 2.45) is 0 Å². The molecule has 0 saturated heterocycles. The lowest BCUT2D eigenvalue weighted by Crippen LogP contribution is -1.92. The minimum absolute atomic E-state index is 0.466. The molecule has 1 radical (unpaired) electrons. The van der Waals surface area contributed by atoms with Crippen molar-refractivity contribution in [1.82, 2.24) is 0 Å². The SMILES string of the molecule is CC(F)C(Cl)=C([O])Cl. The van der Waals surface area contributed by atoms with E-state index in [1.807, 2.05) is 0 Å². The molecule has 0 spiro atoms. The Bertz CT molecular complexity index is 107. The van der Waals surface area contributed by atoms with E-state index < -0.39 is 16.4 Å². The van der Waals surface area contributed by atoms with E-state index >= 15 is 0 Å². The van der Waals surface area contributed by atoms with Crippen molar-refractivity contribution in [3.05, 3.63) is 10.3 Å². The lowest BCUT2D eigenvalue weighted by Gasteiger charge is -1.94. The fraction of sp³-hybridized carbons (Fsp3) is 0.500. The summed E-state index contributed by atoms with van der Waals surface area (Å²) in [4.78, 5) is 0. The van der Waals surface area contributed by atoms with Crippen molar-refractivity contribution >= 4 is 23.2 Å². The van der Waals surface area contributed by atoms with Gasteiger partial charge in [-0.15, -0.1) is 0 Å². The predicted octanol–water partition coefficient (Wildman–Crippen LogP) is 2.42. The summed E-state index contributed by atoms with van der Waals surface area (Å²) in [5, 5.41) is 8.55. The van der Waals surface area contributed by atoms with Crippen LogP contribution in [0, 0.1) is 0 Å². The Morgan fingerprint density at radius 2 is 2.00 bits per heavy atom. The highest BCUT2D eigenvalue weighted by atomic mass is 35.5. The van der Waals surface area contributed by atoms with Crippen LogP contribution in [0.1, 0.15) is 6.92 Å². The highest BCUT2D eigenvalue weighted by Crippen LogP contribution is 2.17. The zero-order valence-electron chi connectivity index (χ0n) is 4.12. The molecular formula is C4H4Cl2FO. The van der Waals surface area contributed by atoms with Crippen LogP contribution >= 0.6 is 23.2 Å². The second-order valence-electron chi connectivity index (χ2n) is 1.24. The van der Waals surface area contributed by atoms with Crippen LogP contribution in [0.4, 0.5) is 4.39 Å². The fourth-order valence-corrected chi connectivity index (χ4v) is 0.307. The van der Waals surface area contributed by atoms with E-state index in [9.17, 15) is 9.50 Å². The van der Waals surface area contributed by atoms with Crippen LogP contribution in [0.5, 0.6) is 0 Å². The zero-order valence-corrected chi connectivity index (χ0v) is 5.63. The van der Waals surface area contributed by atoms with Gasteiger partial charge >= 0.3 is 0 Å². The molecule has 0 amide bonds. The molecule has 0 fully saturated rings. The summed E-state index contributed by atoms with van der Waals surface area (Å²) >= 11 is 9.79. The summed E-state index contributed by atoms with van der Waals surface area (Å²) in [6, 6.07) is 0. The van der Waals surface area contributed by atoms with E-state index in [0.29, 0.717) is 0 Å². The van der Waals surface area contributed by atoms with Crippen LogP contribution in [0.2, 0.25) is 0 Å². The quantitative estimate of drug-likeness (QED) is 0.522. The molecule has 1 unspecified atom stereocenters. The van der Waals surface area contributed by atoms with E-state index in [-0.39, 0.29) is 0 Å². The third-order valence-electron chi connectivity index (χ3n) is 0.537. The molecule has 0 aromatic rings. The minimum Gasteiger partial charge on any atom is -0.275 e. The fourth-order valence-electron chi connectivity index (χ4n) is 0.156. The Morgan fingerprint density at radius 1 is 1.62 bits per heavy atom. The van der Waals surface area contributed by atoms with E-state index in [1.54, 1.807) is 0 Å². The largest absolute Gasteiger partial charge is 0.275 e. The maximum absolute atomic E-state index is 11.9. The summed E-state index contributed by atoms with van der Waals surface area (Å²) in [7, 11) is 0. The summed E-state index contributed by atoms with van der Waals surface area (Å²) < 4.78 is 11.9. The molecule has 0 aliphatic carbocycles. The smallest absolute Gasteiger partial charge is 0.262 e. The Kier molecular flexibility index (Phi) is 3.17. The Morgan fingerprint density at radius 3 is 2.00 bits per heavy atom. The van der Waals surface area contributed by atoms with E-state index in [2.05, 4.69) is 0 Å². The van der Waals surface area contributed by atoms with Crippen LogP contribution in [-0.4, -0.2) is 6.17 Å². The van der Waals surface area contributed by atoms with Gasteiger partial charge in [-0.25, -0.2) is 4.39 Å². The van der Waals surface area contributed by atoms with Crippen LogP contribution in [0.15, 0.2) is 10.3 Å². The molecule has 1 atom stereocenters. The standard InChI is InChI=1S/C4H4Cl2FO/c1-2(7)3(5)4(6)8/h2H,1H3. The molecule has 0 aromatic heterocycles. The summed E-state index contributed by atoms with van der Waals surface area (Å²) in [5.74, 6) is 0. The molecule has 0 aromatic carbocycles. The topological polar surface area (TPSA) is 19.9 Å². The predicted molar refractivity (Wildman–Crippen MR) is 30.0 cm³/mol. The number of hydrogen-bond donors (Lipinski definition) is 0. The number of rotatable bonds is 1. The second kappa shape index (κ2) is 3.15. The van der Waals surface area contributed by atoms with Gasteiger partial charge in [0.15, 0.2) is 0 Å². The van der Waals surface area contributed by atoms with E-state index in [1.165, 1.54) is 0 Å². The van der Waals surface area contributed by atoms with Gasteiger partial charge in [0.25, 0.3) is 5.22 Å². The summed E-state index contributed by atoms with van der Waals surface area (Å²) in [6.45, 7) is 1.14. The van der Waals surface area contributed by atoms with Crippen molar-refractivity contribution in [3.8, 4) is 0 Å². The van der Waals surface area contributed by atoms with Gasteiger partial charge in [0, 0.05) is 0 Å². The number of hydrogen-bond acceptors (Lipinski definition) is 0. The maximum Gasteiger partial charge on any atom is 0.262 e. The molecule has 0 bridgehead atoms. The molecular weight excluding hydrogens is 154 g/mol. The monoisotopic (exact) mass is 157 g/mol. The molecule has 1 nitrogen and oxygen atoms in total. The average Bonchev–Trinajstić information content (AvgIpc) is 1.64. The van der Waals surface area contributed by atoms with Crippen molar-refractivity contribution in [1.29, 1.82) is 0 Å².